The molecule has 0 atom stereocenters. The van der Waals surface area contributed by atoms with Crippen LogP contribution in [0.15, 0.2) is 78.9 Å². The lowest BCUT2D eigenvalue weighted by Gasteiger charge is -2.37. The van der Waals surface area contributed by atoms with Crippen molar-refractivity contribution in [1.82, 2.24) is 20.1 Å². The number of benzene rings is 3. The SMILES string of the molecule is O=C(CCOC(=O)N(c1ccccc1-c1ccccc1)N1CCCCC1)NCCCCCN(Cc1ccc(O)cc1)C(=O)CCN1CCCC1. The van der Waals surface area contributed by atoms with Crippen molar-refractivity contribution in [3.05, 3.63) is 84.4 Å². The summed E-state index contributed by atoms with van der Waals surface area (Å²) in [6, 6.07) is 24.9. The molecule has 10 nitrogen and oxygen atoms in total. The zero-order valence-electron chi connectivity index (χ0n) is 29.3. The van der Waals surface area contributed by atoms with Gasteiger partial charge in [-0.2, -0.15) is 0 Å². The lowest BCUT2D eigenvalue weighted by Crippen LogP contribution is -2.49. The molecule has 268 valence electrons. The van der Waals surface area contributed by atoms with Crippen LogP contribution in [0.3, 0.4) is 0 Å². The summed E-state index contributed by atoms with van der Waals surface area (Å²) in [4.78, 5) is 43.7. The number of phenols is 1. The molecule has 3 aromatic rings. The van der Waals surface area contributed by atoms with Crippen LogP contribution < -0.4 is 10.3 Å². The zero-order chi connectivity index (χ0) is 35.0. The molecule has 0 aromatic heterocycles. The largest absolute Gasteiger partial charge is 0.508 e. The predicted octanol–water partition coefficient (Wildman–Crippen LogP) is 6.59. The molecule has 0 unspecified atom stereocenters. The Morgan fingerprint density at radius 1 is 0.760 bits per heavy atom. The van der Waals surface area contributed by atoms with Crippen LogP contribution >= 0.6 is 0 Å². The van der Waals surface area contributed by atoms with E-state index in [1.165, 1.54) is 12.8 Å². The van der Waals surface area contributed by atoms with Crippen molar-refractivity contribution >= 4 is 23.6 Å². The maximum atomic E-state index is 13.6. The minimum atomic E-state index is -0.477. The first-order valence-corrected chi connectivity index (χ1v) is 18.4. The van der Waals surface area contributed by atoms with Gasteiger partial charge in [-0.25, -0.2) is 14.8 Å². The van der Waals surface area contributed by atoms with E-state index >= 15 is 0 Å². The van der Waals surface area contributed by atoms with E-state index in [9.17, 15) is 19.5 Å². The maximum absolute atomic E-state index is 13.6. The molecule has 2 fully saturated rings. The molecule has 2 heterocycles. The van der Waals surface area contributed by atoms with Crippen molar-refractivity contribution in [3.8, 4) is 16.9 Å². The van der Waals surface area contributed by atoms with E-state index in [4.69, 9.17) is 4.74 Å². The Bertz CT molecular complexity index is 1490. The van der Waals surface area contributed by atoms with E-state index in [2.05, 4.69) is 15.2 Å². The van der Waals surface area contributed by atoms with E-state index in [0.29, 0.717) is 26.1 Å². The highest BCUT2D eigenvalue weighted by Crippen LogP contribution is 2.33. The summed E-state index contributed by atoms with van der Waals surface area (Å²) < 4.78 is 5.70. The minimum Gasteiger partial charge on any atom is -0.508 e. The lowest BCUT2D eigenvalue weighted by atomic mass is 10.0. The maximum Gasteiger partial charge on any atom is 0.429 e. The summed E-state index contributed by atoms with van der Waals surface area (Å²) in [7, 11) is 0. The first kappa shape index (κ1) is 36.9. The Morgan fingerprint density at radius 2 is 1.46 bits per heavy atom. The molecular formula is C40H53N5O5. The van der Waals surface area contributed by atoms with Gasteiger partial charge in [0.15, 0.2) is 0 Å². The molecule has 50 heavy (non-hydrogen) atoms. The highest BCUT2D eigenvalue weighted by atomic mass is 16.6. The number of aromatic hydroxyl groups is 1. The molecule has 2 saturated heterocycles. The van der Waals surface area contributed by atoms with E-state index in [1.54, 1.807) is 17.1 Å². The van der Waals surface area contributed by atoms with Crippen molar-refractivity contribution in [2.45, 2.75) is 70.8 Å². The monoisotopic (exact) mass is 683 g/mol. The van der Waals surface area contributed by atoms with Crippen molar-refractivity contribution in [3.63, 3.8) is 0 Å². The number of carbonyl (C=O) groups is 3. The minimum absolute atomic E-state index is 0.00568. The second kappa shape index (κ2) is 19.7. The molecule has 10 heteroatoms. The van der Waals surface area contributed by atoms with Crippen molar-refractivity contribution in [1.29, 1.82) is 0 Å². The number of piperidine rings is 1. The van der Waals surface area contributed by atoms with Crippen LogP contribution in [-0.2, 0) is 20.9 Å². The normalized spacial score (nSPS) is 15.0. The Labute approximate surface area is 297 Å². The highest BCUT2D eigenvalue weighted by Gasteiger charge is 2.28. The van der Waals surface area contributed by atoms with Gasteiger partial charge >= 0.3 is 6.09 Å². The molecule has 0 spiro atoms. The number of likely N-dealkylation sites (tertiary alicyclic amines) is 1. The van der Waals surface area contributed by atoms with Gasteiger partial charge in [0.05, 0.1) is 12.1 Å². The number of carbonyl (C=O) groups excluding carboxylic acids is 3. The molecule has 0 bridgehead atoms. The van der Waals surface area contributed by atoms with Gasteiger partial charge in [-0.15, -0.1) is 0 Å². The number of ether oxygens (including phenoxy) is 1. The summed E-state index contributed by atoms with van der Waals surface area (Å²) in [5.41, 5.74) is 3.73. The Hall–Kier alpha value is -4.41. The number of unbranched alkanes of at least 4 members (excludes halogenated alkanes) is 2. The Morgan fingerprint density at radius 3 is 2.22 bits per heavy atom. The lowest BCUT2D eigenvalue weighted by molar-refractivity contribution is -0.132. The fourth-order valence-corrected chi connectivity index (χ4v) is 6.71. The first-order valence-electron chi connectivity index (χ1n) is 18.4. The third-order valence-corrected chi connectivity index (χ3v) is 9.49. The van der Waals surface area contributed by atoms with E-state index in [-0.39, 0.29) is 30.6 Å². The smallest absolute Gasteiger partial charge is 0.429 e. The Balaban J connectivity index is 1.05. The number of rotatable bonds is 17. The molecule has 0 radical (unpaired) electrons. The second-order valence-corrected chi connectivity index (χ2v) is 13.3. The number of phenolic OH excluding ortho intramolecular Hbond substituents is 1. The predicted molar refractivity (Wildman–Crippen MR) is 196 cm³/mol. The molecule has 2 aliphatic heterocycles. The molecule has 3 aromatic carbocycles. The molecule has 3 amide bonds. The summed E-state index contributed by atoms with van der Waals surface area (Å²) in [5.74, 6) is 0.207. The number of hydrogen-bond donors (Lipinski definition) is 2. The van der Waals surface area contributed by atoms with Crippen molar-refractivity contribution in [2.75, 3.05) is 57.4 Å². The molecule has 2 N–H and O–H groups in total. The van der Waals surface area contributed by atoms with Crippen LogP contribution in [0.1, 0.15) is 69.8 Å². The third kappa shape index (κ3) is 11.3. The van der Waals surface area contributed by atoms with Crippen molar-refractivity contribution < 1.29 is 24.2 Å². The number of para-hydroxylation sites is 1. The van der Waals surface area contributed by atoms with Gasteiger partial charge < -0.3 is 25.0 Å². The second-order valence-electron chi connectivity index (χ2n) is 13.3. The fourth-order valence-electron chi connectivity index (χ4n) is 6.71. The number of hydrogen-bond acceptors (Lipinski definition) is 7. The van der Waals surface area contributed by atoms with Crippen LogP contribution in [0, 0.1) is 0 Å². The number of anilines is 1. The number of nitrogens with zero attached hydrogens (tertiary/aromatic N) is 4. The quantitative estimate of drug-likeness (QED) is 0.155. The Kier molecular flexibility index (Phi) is 14.5. The number of nitrogens with one attached hydrogen (secondary N) is 1. The fraction of sp³-hybridized carbons (Fsp3) is 0.475. The van der Waals surface area contributed by atoms with E-state index in [1.807, 2.05) is 71.6 Å². The van der Waals surface area contributed by atoms with Crippen LogP contribution in [0.4, 0.5) is 10.5 Å². The van der Waals surface area contributed by atoms with Crippen LogP contribution in [0.5, 0.6) is 5.75 Å². The summed E-state index contributed by atoms with van der Waals surface area (Å²) in [6.45, 7) is 6.14. The number of amides is 3. The number of hydrazine groups is 1. The first-order chi connectivity index (χ1) is 24.5. The summed E-state index contributed by atoms with van der Waals surface area (Å²) in [5, 5.41) is 16.3. The third-order valence-electron chi connectivity index (χ3n) is 9.49. The molecular weight excluding hydrogens is 630 g/mol. The van der Waals surface area contributed by atoms with Crippen molar-refractivity contribution in [2.24, 2.45) is 0 Å². The van der Waals surface area contributed by atoms with E-state index < -0.39 is 6.09 Å². The molecule has 0 aliphatic carbocycles. The average Bonchev–Trinajstić information content (AvgIpc) is 3.67. The van der Waals surface area contributed by atoms with Gasteiger partial charge in [0.2, 0.25) is 11.8 Å². The molecule has 2 aliphatic rings. The summed E-state index contributed by atoms with van der Waals surface area (Å²) in [6.07, 6.45) is 8.16. The van der Waals surface area contributed by atoms with Gasteiger partial charge in [-0.3, -0.25) is 9.59 Å². The zero-order valence-corrected chi connectivity index (χ0v) is 29.3. The van der Waals surface area contributed by atoms with E-state index in [0.717, 1.165) is 93.6 Å². The molecule has 5 rings (SSSR count). The van der Waals surface area contributed by atoms with Gasteiger partial charge in [0.25, 0.3) is 0 Å². The van der Waals surface area contributed by atoms with Gasteiger partial charge in [0, 0.05) is 51.3 Å². The van der Waals surface area contributed by atoms with Gasteiger partial charge in [0.1, 0.15) is 12.4 Å². The van der Waals surface area contributed by atoms with Crippen LogP contribution in [0.2, 0.25) is 0 Å². The standard InChI is InChI=1S/C40H53N5O5/c46-35-20-18-33(19-21-35)32-43(39(48)22-30-42-25-12-13-26-42)27-9-2-8-24-41-38(47)23-31-50-40(49)45(44-28-10-3-11-29-44)37-17-7-6-16-36(37)34-14-4-1-5-15-34/h1,4-7,14-21,46H,2-3,8-13,22-32H2,(H,41,47). The van der Waals surface area contributed by atoms with Gasteiger partial charge in [-0.1, -0.05) is 67.1 Å². The molecule has 0 saturated carbocycles. The highest BCUT2D eigenvalue weighted by molar-refractivity contribution is 5.93. The van der Waals surface area contributed by atoms with Crippen LogP contribution in [0.25, 0.3) is 11.1 Å². The van der Waals surface area contributed by atoms with Crippen LogP contribution in [-0.4, -0.2) is 90.2 Å². The average molecular weight is 684 g/mol. The topological polar surface area (TPSA) is 106 Å². The summed E-state index contributed by atoms with van der Waals surface area (Å²) >= 11 is 0. The van der Waals surface area contributed by atoms with Gasteiger partial charge in [-0.05, 0) is 87.4 Å².